The van der Waals surface area contributed by atoms with Gasteiger partial charge in [-0.3, -0.25) is 4.79 Å². The molecule has 1 saturated heterocycles. The summed E-state index contributed by atoms with van der Waals surface area (Å²) in [6.45, 7) is 19.8. The quantitative estimate of drug-likeness (QED) is 0.0488. The Hall–Kier alpha value is -5.42. The maximum absolute atomic E-state index is 14.2. The lowest BCUT2D eigenvalue weighted by Crippen LogP contribution is -2.16. The van der Waals surface area contributed by atoms with Gasteiger partial charge in [0.05, 0.1) is 60.7 Å². The van der Waals surface area contributed by atoms with E-state index in [1.165, 1.54) is 160 Å². The highest BCUT2D eigenvalue weighted by Crippen LogP contribution is 2.47. The first-order valence-corrected chi connectivity index (χ1v) is 35.2. The third-order valence-corrected chi connectivity index (χ3v) is 18.9. The minimum absolute atomic E-state index is 0.00900. The number of allylic oxidation sites excluding steroid dienone is 11. The molecule has 480 valence electrons. The summed E-state index contributed by atoms with van der Waals surface area (Å²) in [5.41, 5.74) is 15.0. The van der Waals surface area contributed by atoms with Crippen LogP contribution in [0.1, 0.15) is 279 Å². The molecule has 0 aromatic heterocycles. The number of rotatable bonds is 44. The zero-order valence-corrected chi connectivity index (χ0v) is 55.9. The molecule has 1 aromatic carbocycles. The molecule has 0 unspecified atom stereocenters. The molecule has 5 heterocycles. The number of hydrogen-bond acceptors (Lipinski definition) is 11. The lowest BCUT2D eigenvalue weighted by molar-refractivity contribution is -0.145. The number of hydrogen-bond donors (Lipinski definition) is 2. The summed E-state index contributed by atoms with van der Waals surface area (Å²) in [7, 11) is 1.72. The number of aliphatic imine (C=N–C) groups is 3. The van der Waals surface area contributed by atoms with E-state index >= 15 is 0 Å². The first-order chi connectivity index (χ1) is 42.5. The van der Waals surface area contributed by atoms with Gasteiger partial charge in [-0.1, -0.05) is 208 Å². The van der Waals surface area contributed by atoms with Crippen LogP contribution in [0.4, 0.5) is 0 Å². The molecule has 0 radical (unpaired) electrons. The first kappa shape index (κ1) is 69.1. The maximum atomic E-state index is 14.2. The van der Waals surface area contributed by atoms with Gasteiger partial charge in [-0.2, -0.15) is 0 Å². The number of fused-ring (bicyclic) bond motifs is 5. The second kappa shape index (κ2) is 37.5. The van der Waals surface area contributed by atoms with E-state index in [1.807, 2.05) is 19.1 Å². The van der Waals surface area contributed by atoms with Crippen LogP contribution < -0.4 is 19.5 Å². The summed E-state index contributed by atoms with van der Waals surface area (Å²) < 4.78 is 32.1. The van der Waals surface area contributed by atoms with Crippen LogP contribution >= 0.6 is 0 Å². The molecule has 7 rings (SSSR count). The van der Waals surface area contributed by atoms with Crippen molar-refractivity contribution in [3.05, 3.63) is 109 Å². The summed E-state index contributed by atoms with van der Waals surface area (Å²) in [5.74, 6) is 1.96. The van der Waals surface area contributed by atoms with Crippen molar-refractivity contribution in [1.82, 2.24) is 5.32 Å². The predicted octanol–water partition coefficient (Wildman–Crippen LogP) is 20.7. The van der Waals surface area contributed by atoms with E-state index in [-0.39, 0.29) is 30.8 Å². The Morgan fingerprint density at radius 3 is 1.55 bits per heavy atom. The summed E-state index contributed by atoms with van der Waals surface area (Å²) in [5, 5.41) is 15.6. The SMILES string of the molecule is CCCCCCCCCCCCOc1cc(COC(=O)CC[C@@H]2C3=C4CC(O)=C5C4=NC(=C5C)C=C4N=C(C=C5N=C(C=C(N3)[C@H]2C)C(C)=C5COC)C(C)=C4CC)cc(OCCCCCCCCCCCC)c1OCCCCCCCCCCCC. The van der Waals surface area contributed by atoms with Crippen LogP contribution in [0.25, 0.3) is 0 Å². The number of unbranched alkanes of at least 4 members (excludes halogenated alkanes) is 27. The zero-order chi connectivity index (χ0) is 61.8. The van der Waals surface area contributed by atoms with Gasteiger partial charge in [-0.25, -0.2) is 15.0 Å². The summed E-state index contributed by atoms with van der Waals surface area (Å²) in [6, 6.07) is 4.04. The van der Waals surface area contributed by atoms with Gasteiger partial charge in [0.1, 0.15) is 12.4 Å². The molecule has 2 atom stereocenters. The van der Waals surface area contributed by atoms with E-state index in [0.29, 0.717) is 62.3 Å². The topological polar surface area (TPSA) is 133 Å². The van der Waals surface area contributed by atoms with Crippen molar-refractivity contribution >= 4 is 23.1 Å². The van der Waals surface area contributed by atoms with Gasteiger partial charge in [0.15, 0.2) is 11.5 Å². The van der Waals surface area contributed by atoms with Crippen LogP contribution in [0.5, 0.6) is 17.2 Å². The van der Waals surface area contributed by atoms with Crippen molar-refractivity contribution in [2.24, 2.45) is 26.8 Å². The molecule has 0 amide bonds. The monoisotopic (exact) mass is 1190 g/mol. The summed E-state index contributed by atoms with van der Waals surface area (Å²) in [4.78, 5) is 30.0. The highest BCUT2D eigenvalue weighted by molar-refractivity contribution is 6.21. The molecule has 6 aliphatic rings. The molecule has 87 heavy (non-hydrogen) atoms. The molecule has 1 aliphatic carbocycles. The van der Waals surface area contributed by atoms with Crippen molar-refractivity contribution in [1.29, 1.82) is 0 Å². The second-order valence-corrected chi connectivity index (χ2v) is 25.7. The van der Waals surface area contributed by atoms with Crippen molar-refractivity contribution < 1.29 is 33.6 Å². The molecular formula is C76H114N4O7. The van der Waals surface area contributed by atoms with Gasteiger partial charge in [-0.05, 0) is 111 Å². The van der Waals surface area contributed by atoms with Gasteiger partial charge in [0.2, 0.25) is 5.75 Å². The standard InChI is InChI=1S/C76H114N4O7/c1-10-14-17-20-23-26-29-32-35-38-43-84-70-46-58(47-71(85-44-39-36-33-30-27-24-21-18-15-11-2)76(70)86-45-40-37-34-31-28-25-22-19-16-12-3)52-87-72(82)42-41-60-55(6)65-49-63-56(7)62(53-83-9)68(78-63)50-64-54(5)59(13-4)67(77-64)51-66-57(8)73-69(81)48-61(74(60)79-65)75(73)80-66/h46-47,49-51,55,60,79,81H,10-45,48,52-53H2,1-9H3/t55-,60-/m0/s1. The van der Waals surface area contributed by atoms with Crippen LogP contribution in [0.3, 0.4) is 0 Å². The van der Waals surface area contributed by atoms with E-state index in [4.69, 9.17) is 38.7 Å². The van der Waals surface area contributed by atoms with Crippen LogP contribution in [-0.4, -0.2) is 61.7 Å². The van der Waals surface area contributed by atoms with Crippen LogP contribution in [-0.2, 0) is 20.9 Å². The lowest BCUT2D eigenvalue weighted by Gasteiger charge is -2.19. The Kier molecular flexibility index (Phi) is 29.8. The van der Waals surface area contributed by atoms with E-state index < -0.39 is 0 Å². The maximum Gasteiger partial charge on any atom is 0.306 e. The minimum Gasteiger partial charge on any atom is -0.511 e. The van der Waals surface area contributed by atoms with E-state index in [9.17, 15) is 9.90 Å². The van der Waals surface area contributed by atoms with Gasteiger partial charge in [0.25, 0.3) is 0 Å². The van der Waals surface area contributed by atoms with E-state index in [2.05, 4.69) is 72.0 Å². The number of carbonyl (C=O) groups excluding carboxylic acids is 1. The van der Waals surface area contributed by atoms with E-state index in [1.54, 1.807) is 7.11 Å². The number of benzene rings is 1. The molecule has 5 aliphatic heterocycles. The number of nitrogens with zero attached hydrogens (tertiary/aromatic N) is 3. The fourth-order valence-electron chi connectivity index (χ4n) is 13.4. The Labute approximate surface area is 526 Å². The Morgan fingerprint density at radius 1 is 0.575 bits per heavy atom. The van der Waals surface area contributed by atoms with Crippen molar-refractivity contribution in [2.45, 2.75) is 280 Å². The fraction of sp³-hybridized carbons (Fsp3) is 0.658. The number of aliphatic hydroxyl groups excluding tert-OH is 1. The minimum atomic E-state index is -0.272. The zero-order valence-electron chi connectivity index (χ0n) is 55.9. The largest absolute Gasteiger partial charge is 0.511 e. The molecule has 8 bridgehead atoms. The molecule has 1 fully saturated rings. The van der Waals surface area contributed by atoms with Crippen molar-refractivity contribution in [3.63, 3.8) is 0 Å². The average molecular weight is 1200 g/mol. The first-order valence-electron chi connectivity index (χ1n) is 35.2. The lowest BCUT2D eigenvalue weighted by atomic mass is 9.86. The van der Waals surface area contributed by atoms with Gasteiger partial charge in [-0.15, -0.1) is 0 Å². The van der Waals surface area contributed by atoms with Gasteiger partial charge < -0.3 is 34.1 Å². The molecule has 2 N–H and O–H groups in total. The highest BCUT2D eigenvalue weighted by atomic mass is 16.5. The molecule has 0 spiro atoms. The molecule has 11 heteroatoms. The number of ether oxygens (including phenoxy) is 5. The Morgan fingerprint density at radius 2 is 1.05 bits per heavy atom. The number of esters is 1. The number of carbonyl (C=O) groups is 1. The van der Waals surface area contributed by atoms with Gasteiger partial charge in [0, 0.05) is 59.9 Å². The van der Waals surface area contributed by atoms with E-state index in [0.717, 1.165) is 130 Å². The van der Waals surface area contributed by atoms with Crippen LogP contribution in [0, 0.1) is 11.8 Å². The predicted molar refractivity (Wildman–Crippen MR) is 361 cm³/mol. The van der Waals surface area contributed by atoms with Crippen molar-refractivity contribution in [3.8, 4) is 17.2 Å². The number of aliphatic hydroxyl groups is 1. The number of nitrogens with one attached hydrogen (secondary N) is 1. The van der Waals surface area contributed by atoms with Crippen molar-refractivity contribution in [2.75, 3.05) is 33.5 Å². The highest BCUT2D eigenvalue weighted by Gasteiger charge is 2.41. The third kappa shape index (κ3) is 20.3. The fourth-order valence-corrected chi connectivity index (χ4v) is 13.4. The second-order valence-electron chi connectivity index (χ2n) is 25.7. The summed E-state index contributed by atoms with van der Waals surface area (Å²) >= 11 is 0. The van der Waals surface area contributed by atoms with Crippen LogP contribution in [0.2, 0.25) is 0 Å². The number of methoxy groups -OCH3 is 1. The molecule has 0 saturated carbocycles. The normalized spacial score (nSPS) is 18.0. The molecular weight excluding hydrogens is 1080 g/mol. The third-order valence-electron chi connectivity index (χ3n) is 18.9. The molecule has 1 aromatic rings. The Bertz CT molecular complexity index is 2750. The molecule has 11 nitrogen and oxygen atoms in total. The van der Waals surface area contributed by atoms with Gasteiger partial charge >= 0.3 is 5.97 Å². The average Bonchev–Trinajstić information content (AvgIpc) is 2.90. The van der Waals surface area contributed by atoms with Crippen LogP contribution in [0.15, 0.2) is 119 Å². The Balaban J connectivity index is 1.08. The summed E-state index contributed by atoms with van der Waals surface area (Å²) in [6.07, 6.45) is 46.0. The smallest absolute Gasteiger partial charge is 0.306 e.